The van der Waals surface area contributed by atoms with E-state index in [1.165, 1.54) is 9.58 Å². The number of nitrogens with zero attached hydrogens (tertiary/aromatic N) is 6. The number of amides is 1. The van der Waals surface area contributed by atoms with Crippen LogP contribution in [-0.4, -0.2) is 42.1 Å². The van der Waals surface area contributed by atoms with E-state index in [2.05, 4.69) is 20.1 Å². The van der Waals surface area contributed by atoms with Crippen LogP contribution >= 0.6 is 0 Å². The molecular formula is C22H25FN6O2. The molecule has 4 heterocycles. The second kappa shape index (κ2) is 8.30. The van der Waals surface area contributed by atoms with Gasteiger partial charge in [-0.3, -0.25) is 19.6 Å². The predicted molar refractivity (Wildman–Crippen MR) is 109 cm³/mol. The molecule has 0 bridgehead atoms. The van der Waals surface area contributed by atoms with E-state index in [0.29, 0.717) is 18.3 Å². The van der Waals surface area contributed by atoms with Crippen molar-refractivity contribution in [3.63, 3.8) is 0 Å². The molecule has 3 aromatic heterocycles. The summed E-state index contributed by atoms with van der Waals surface area (Å²) in [5, 5.41) is 5.75. The van der Waals surface area contributed by atoms with Crippen LogP contribution in [0.15, 0.2) is 30.9 Å². The topological polar surface area (TPSA) is 85.5 Å². The molecule has 0 radical (unpaired) electrons. The van der Waals surface area contributed by atoms with Gasteiger partial charge in [0.15, 0.2) is 11.5 Å². The predicted octanol–water partition coefficient (Wildman–Crippen LogP) is 3.22. The zero-order valence-corrected chi connectivity index (χ0v) is 17.4. The molecule has 3 aromatic rings. The number of pyridine rings is 1. The van der Waals surface area contributed by atoms with Crippen molar-refractivity contribution in [1.29, 1.82) is 0 Å². The van der Waals surface area contributed by atoms with Crippen molar-refractivity contribution in [3.8, 4) is 0 Å². The van der Waals surface area contributed by atoms with Gasteiger partial charge in [-0.1, -0.05) is 0 Å². The Morgan fingerprint density at radius 2 is 2.06 bits per heavy atom. The Hall–Kier alpha value is -2.94. The molecule has 0 N–H and O–H groups in total. The molecule has 1 saturated heterocycles. The Balaban J connectivity index is 1.21. The summed E-state index contributed by atoms with van der Waals surface area (Å²) in [5.74, 6) is 0.617. The van der Waals surface area contributed by atoms with E-state index in [4.69, 9.17) is 4.84 Å². The van der Waals surface area contributed by atoms with Gasteiger partial charge in [-0.05, 0) is 56.6 Å². The molecule has 31 heavy (non-hydrogen) atoms. The number of halogens is 1. The highest BCUT2D eigenvalue weighted by Gasteiger charge is 2.38. The number of rotatable bonds is 4. The number of carbonyl (C=O) groups is 1. The van der Waals surface area contributed by atoms with Crippen molar-refractivity contribution in [2.24, 2.45) is 11.8 Å². The van der Waals surface area contributed by atoms with Gasteiger partial charge in [0.1, 0.15) is 11.9 Å². The lowest BCUT2D eigenvalue weighted by Gasteiger charge is -2.31. The average molecular weight is 424 g/mol. The second-order valence-corrected chi connectivity index (χ2v) is 8.48. The first-order chi connectivity index (χ1) is 15.1. The summed E-state index contributed by atoms with van der Waals surface area (Å²) in [5.41, 5.74) is 1.94. The van der Waals surface area contributed by atoms with Crippen LogP contribution in [0.3, 0.4) is 0 Å². The van der Waals surface area contributed by atoms with E-state index in [1.807, 2.05) is 6.20 Å². The third kappa shape index (κ3) is 4.01. The van der Waals surface area contributed by atoms with Crippen LogP contribution in [0.1, 0.15) is 55.2 Å². The van der Waals surface area contributed by atoms with E-state index in [9.17, 15) is 9.18 Å². The number of hydrogen-bond acceptors (Lipinski definition) is 6. The summed E-state index contributed by atoms with van der Waals surface area (Å²) in [7, 11) is 0. The molecular weight excluding hydrogens is 399 g/mol. The zero-order valence-electron chi connectivity index (χ0n) is 17.4. The molecule has 2 aliphatic rings. The molecule has 0 aromatic carbocycles. The summed E-state index contributed by atoms with van der Waals surface area (Å²) in [6.45, 7) is 2.27. The van der Waals surface area contributed by atoms with E-state index >= 15 is 0 Å². The quantitative estimate of drug-likeness (QED) is 0.639. The van der Waals surface area contributed by atoms with E-state index in [1.54, 1.807) is 31.6 Å². The Bertz CT molecular complexity index is 1080. The number of hydrogen-bond donors (Lipinski definition) is 0. The van der Waals surface area contributed by atoms with Crippen molar-refractivity contribution < 1.29 is 14.0 Å². The maximum Gasteiger partial charge on any atom is 0.249 e. The van der Waals surface area contributed by atoms with Gasteiger partial charge in [0.05, 0.1) is 18.5 Å². The molecule has 2 fully saturated rings. The molecule has 1 aliphatic carbocycles. The fourth-order valence-electron chi connectivity index (χ4n) is 4.78. The van der Waals surface area contributed by atoms with Crippen LogP contribution < -0.4 is 0 Å². The first-order valence-electron chi connectivity index (χ1n) is 10.8. The monoisotopic (exact) mass is 424 g/mol. The summed E-state index contributed by atoms with van der Waals surface area (Å²) in [6, 6.07) is 1.39. The minimum Gasteiger partial charge on any atom is -0.272 e. The molecule has 1 saturated carbocycles. The lowest BCUT2D eigenvalue weighted by molar-refractivity contribution is -0.183. The van der Waals surface area contributed by atoms with Gasteiger partial charge in [0, 0.05) is 30.9 Å². The van der Waals surface area contributed by atoms with Crippen LogP contribution in [0.2, 0.25) is 0 Å². The third-order valence-electron chi connectivity index (χ3n) is 6.32. The third-order valence-corrected chi connectivity index (χ3v) is 6.32. The normalized spacial score (nSPS) is 24.1. The van der Waals surface area contributed by atoms with Crippen molar-refractivity contribution in [2.75, 3.05) is 6.61 Å². The Morgan fingerprint density at radius 3 is 2.84 bits per heavy atom. The Labute approximate surface area is 179 Å². The van der Waals surface area contributed by atoms with Crippen molar-refractivity contribution in [3.05, 3.63) is 53.8 Å². The smallest absolute Gasteiger partial charge is 0.249 e. The van der Waals surface area contributed by atoms with Gasteiger partial charge < -0.3 is 0 Å². The van der Waals surface area contributed by atoms with E-state index < -0.39 is 0 Å². The molecule has 162 valence electrons. The number of hydroxylamine groups is 2. The highest BCUT2D eigenvalue weighted by molar-refractivity contribution is 5.78. The summed E-state index contributed by atoms with van der Waals surface area (Å²) >= 11 is 0. The number of aryl methyl sites for hydroxylation is 1. The van der Waals surface area contributed by atoms with Crippen LogP contribution in [0.5, 0.6) is 0 Å². The molecule has 8 nitrogen and oxygen atoms in total. The highest BCUT2D eigenvalue weighted by Crippen LogP contribution is 2.36. The van der Waals surface area contributed by atoms with Crippen molar-refractivity contribution in [2.45, 2.75) is 51.5 Å². The maximum atomic E-state index is 14.3. The van der Waals surface area contributed by atoms with Crippen molar-refractivity contribution in [1.82, 2.24) is 29.6 Å². The van der Waals surface area contributed by atoms with Crippen LogP contribution in [0, 0.1) is 24.6 Å². The zero-order chi connectivity index (χ0) is 21.4. The minimum atomic E-state index is -0.344. The molecule has 1 amide bonds. The number of fused-ring (bicyclic) bond motifs is 1. The van der Waals surface area contributed by atoms with Crippen LogP contribution in [-0.2, 0) is 16.1 Å². The fourth-order valence-corrected chi connectivity index (χ4v) is 4.78. The molecule has 1 atom stereocenters. The Kier molecular flexibility index (Phi) is 5.35. The van der Waals surface area contributed by atoms with Crippen LogP contribution in [0.25, 0.3) is 5.65 Å². The number of aromatic nitrogens is 5. The van der Waals surface area contributed by atoms with E-state index in [0.717, 1.165) is 49.8 Å². The SMILES string of the molecule is Cc1nc2c(F)cc(C[C@H]3CC[C@H](C(=O)N4OCC[C@H]4c4cnccn4)CC3)cn2n1. The molecule has 0 unspecified atom stereocenters. The maximum absolute atomic E-state index is 14.3. The fraction of sp³-hybridized carbons (Fsp3) is 0.500. The molecule has 5 rings (SSSR count). The van der Waals surface area contributed by atoms with E-state index in [-0.39, 0.29) is 29.3 Å². The summed E-state index contributed by atoms with van der Waals surface area (Å²) < 4.78 is 15.9. The summed E-state index contributed by atoms with van der Waals surface area (Å²) in [4.78, 5) is 31.4. The van der Waals surface area contributed by atoms with Gasteiger partial charge in [-0.25, -0.2) is 19.0 Å². The average Bonchev–Trinajstić information content (AvgIpc) is 3.41. The van der Waals surface area contributed by atoms with Crippen molar-refractivity contribution >= 4 is 11.6 Å². The molecule has 1 aliphatic heterocycles. The molecule has 0 spiro atoms. The largest absolute Gasteiger partial charge is 0.272 e. The van der Waals surface area contributed by atoms with Gasteiger partial charge in [-0.15, -0.1) is 0 Å². The highest BCUT2D eigenvalue weighted by atomic mass is 19.1. The second-order valence-electron chi connectivity index (χ2n) is 8.48. The van der Waals surface area contributed by atoms with Gasteiger partial charge in [-0.2, -0.15) is 5.10 Å². The van der Waals surface area contributed by atoms with Gasteiger partial charge in [0.2, 0.25) is 5.91 Å². The minimum absolute atomic E-state index is 0.0390. The Morgan fingerprint density at radius 1 is 1.23 bits per heavy atom. The van der Waals surface area contributed by atoms with Gasteiger partial charge >= 0.3 is 0 Å². The summed E-state index contributed by atoms with van der Waals surface area (Å²) in [6.07, 6.45) is 11.8. The van der Waals surface area contributed by atoms with Gasteiger partial charge in [0.25, 0.3) is 0 Å². The standard InChI is InChI=1S/C22H25FN6O2/c1-14-26-21-18(23)11-16(13-28(21)27-14)10-15-2-4-17(5-3-15)22(30)29-20(6-9-31-29)19-12-24-7-8-25-19/h7-8,11-13,15,17,20H,2-6,9-10H2,1H3/t15-,17-,20-/m0/s1. The van der Waals surface area contributed by atoms with Crippen LogP contribution in [0.4, 0.5) is 4.39 Å². The first kappa shape index (κ1) is 20.0. The lowest BCUT2D eigenvalue weighted by Crippen LogP contribution is -2.37. The molecule has 9 heteroatoms. The number of carbonyl (C=O) groups excluding carboxylic acids is 1. The lowest BCUT2D eigenvalue weighted by atomic mass is 9.79. The first-order valence-corrected chi connectivity index (χ1v) is 10.8.